The standard InChI is InChI=1S/C17H14ClNO/c1-12(14-6-2-8-15(18)11-14)20-16-9-3-5-13-7-4-10-19-17(13)16/h2-12H,1H3. The lowest BCUT2D eigenvalue weighted by atomic mass is 10.1. The van der Waals surface area contributed by atoms with Crippen LogP contribution in [0.1, 0.15) is 18.6 Å². The number of benzene rings is 2. The van der Waals surface area contributed by atoms with Crippen LogP contribution in [-0.4, -0.2) is 4.98 Å². The Labute approximate surface area is 123 Å². The normalized spacial score (nSPS) is 12.3. The minimum Gasteiger partial charge on any atom is -0.484 e. The highest BCUT2D eigenvalue weighted by molar-refractivity contribution is 6.30. The number of para-hydroxylation sites is 1. The molecule has 0 spiro atoms. The van der Waals surface area contributed by atoms with Crippen molar-refractivity contribution in [1.29, 1.82) is 0 Å². The van der Waals surface area contributed by atoms with Crippen LogP contribution < -0.4 is 4.74 Å². The summed E-state index contributed by atoms with van der Waals surface area (Å²) in [5, 5.41) is 1.79. The van der Waals surface area contributed by atoms with E-state index in [2.05, 4.69) is 4.98 Å². The van der Waals surface area contributed by atoms with Gasteiger partial charge in [-0.1, -0.05) is 41.9 Å². The molecular formula is C17H14ClNO. The Morgan fingerprint density at radius 1 is 1.05 bits per heavy atom. The molecule has 0 bridgehead atoms. The number of rotatable bonds is 3. The van der Waals surface area contributed by atoms with Gasteiger partial charge in [-0.25, -0.2) is 0 Å². The third kappa shape index (κ3) is 2.61. The van der Waals surface area contributed by atoms with E-state index in [0.29, 0.717) is 5.02 Å². The van der Waals surface area contributed by atoms with Crippen LogP contribution in [0.15, 0.2) is 60.8 Å². The molecule has 3 aromatic rings. The van der Waals surface area contributed by atoms with Crippen LogP contribution in [0.3, 0.4) is 0 Å². The lowest BCUT2D eigenvalue weighted by Crippen LogP contribution is -2.03. The van der Waals surface area contributed by atoms with Crippen LogP contribution in [0.4, 0.5) is 0 Å². The predicted octanol–water partition coefficient (Wildman–Crippen LogP) is 5.03. The summed E-state index contributed by atoms with van der Waals surface area (Å²) >= 11 is 6.02. The van der Waals surface area contributed by atoms with Crippen LogP contribution >= 0.6 is 11.6 Å². The van der Waals surface area contributed by atoms with Gasteiger partial charge in [0.2, 0.25) is 0 Å². The number of hydrogen-bond acceptors (Lipinski definition) is 2. The van der Waals surface area contributed by atoms with Crippen molar-refractivity contribution in [3.63, 3.8) is 0 Å². The van der Waals surface area contributed by atoms with Crippen molar-refractivity contribution in [3.05, 3.63) is 71.4 Å². The van der Waals surface area contributed by atoms with E-state index in [1.807, 2.05) is 61.5 Å². The zero-order valence-corrected chi connectivity index (χ0v) is 11.8. The SMILES string of the molecule is CC(Oc1cccc2cccnc12)c1cccc(Cl)c1. The summed E-state index contributed by atoms with van der Waals surface area (Å²) in [6, 6.07) is 17.6. The van der Waals surface area contributed by atoms with Crippen molar-refractivity contribution >= 4 is 22.5 Å². The van der Waals surface area contributed by atoms with E-state index in [9.17, 15) is 0 Å². The van der Waals surface area contributed by atoms with Gasteiger partial charge in [0.15, 0.2) is 0 Å². The zero-order valence-electron chi connectivity index (χ0n) is 11.1. The van der Waals surface area contributed by atoms with Crippen molar-refractivity contribution < 1.29 is 4.74 Å². The third-order valence-corrected chi connectivity index (χ3v) is 3.45. The molecule has 20 heavy (non-hydrogen) atoms. The van der Waals surface area contributed by atoms with Gasteiger partial charge in [-0.3, -0.25) is 4.98 Å². The molecular weight excluding hydrogens is 270 g/mol. The first-order valence-corrected chi connectivity index (χ1v) is 6.88. The fourth-order valence-electron chi connectivity index (χ4n) is 2.19. The van der Waals surface area contributed by atoms with Crippen LogP contribution in [0.2, 0.25) is 5.02 Å². The molecule has 0 N–H and O–H groups in total. The summed E-state index contributed by atoms with van der Waals surface area (Å²) in [7, 11) is 0. The second-order valence-corrected chi connectivity index (χ2v) is 5.08. The van der Waals surface area contributed by atoms with Crippen LogP contribution in [0.5, 0.6) is 5.75 Å². The Balaban J connectivity index is 1.93. The zero-order chi connectivity index (χ0) is 13.9. The molecule has 0 fully saturated rings. The van der Waals surface area contributed by atoms with Gasteiger partial charge in [0.25, 0.3) is 0 Å². The molecule has 100 valence electrons. The molecule has 1 aromatic heterocycles. The minimum atomic E-state index is -0.0821. The largest absolute Gasteiger partial charge is 0.484 e. The monoisotopic (exact) mass is 283 g/mol. The Bertz CT molecular complexity index is 736. The molecule has 1 unspecified atom stereocenters. The lowest BCUT2D eigenvalue weighted by molar-refractivity contribution is 0.229. The van der Waals surface area contributed by atoms with E-state index < -0.39 is 0 Å². The first-order valence-electron chi connectivity index (χ1n) is 6.50. The fourth-order valence-corrected chi connectivity index (χ4v) is 2.39. The van der Waals surface area contributed by atoms with Gasteiger partial charge in [0, 0.05) is 16.6 Å². The first-order chi connectivity index (χ1) is 9.74. The molecule has 0 saturated carbocycles. The van der Waals surface area contributed by atoms with Gasteiger partial charge >= 0.3 is 0 Å². The van der Waals surface area contributed by atoms with Crippen LogP contribution in [0.25, 0.3) is 10.9 Å². The highest BCUT2D eigenvalue weighted by Crippen LogP contribution is 2.28. The topological polar surface area (TPSA) is 22.1 Å². The molecule has 1 atom stereocenters. The van der Waals surface area contributed by atoms with Crippen LogP contribution in [0, 0.1) is 0 Å². The average molecular weight is 284 g/mol. The van der Waals surface area contributed by atoms with Gasteiger partial charge in [-0.05, 0) is 36.8 Å². The van der Waals surface area contributed by atoms with E-state index in [1.54, 1.807) is 6.20 Å². The number of ether oxygens (including phenoxy) is 1. The maximum Gasteiger partial charge on any atom is 0.146 e. The molecule has 0 saturated heterocycles. The molecule has 3 rings (SSSR count). The van der Waals surface area contributed by atoms with E-state index in [-0.39, 0.29) is 6.10 Å². The highest BCUT2D eigenvalue weighted by atomic mass is 35.5. The Hall–Kier alpha value is -2.06. The molecule has 0 radical (unpaired) electrons. The highest BCUT2D eigenvalue weighted by Gasteiger charge is 2.10. The molecule has 0 aliphatic heterocycles. The Morgan fingerprint density at radius 3 is 2.70 bits per heavy atom. The molecule has 2 nitrogen and oxygen atoms in total. The molecule has 1 heterocycles. The predicted molar refractivity (Wildman–Crippen MR) is 82.2 cm³/mol. The first kappa shape index (κ1) is 12.9. The number of aromatic nitrogens is 1. The van der Waals surface area contributed by atoms with Crippen molar-refractivity contribution in [2.45, 2.75) is 13.0 Å². The van der Waals surface area contributed by atoms with Crippen molar-refractivity contribution in [1.82, 2.24) is 4.98 Å². The van der Waals surface area contributed by atoms with E-state index in [4.69, 9.17) is 16.3 Å². The number of nitrogens with zero attached hydrogens (tertiary/aromatic N) is 1. The summed E-state index contributed by atoms with van der Waals surface area (Å²) in [4.78, 5) is 4.39. The fraction of sp³-hybridized carbons (Fsp3) is 0.118. The van der Waals surface area contributed by atoms with Crippen molar-refractivity contribution in [3.8, 4) is 5.75 Å². The molecule has 3 heteroatoms. The van der Waals surface area contributed by atoms with Crippen LogP contribution in [-0.2, 0) is 0 Å². The smallest absolute Gasteiger partial charge is 0.146 e. The molecule has 0 aliphatic rings. The Morgan fingerprint density at radius 2 is 1.85 bits per heavy atom. The maximum absolute atomic E-state index is 6.05. The van der Waals surface area contributed by atoms with Gasteiger partial charge in [0.1, 0.15) is 17.4 Å². The minimum absolute atomic E-state index is 0.0821. The van der Waals surface area contributed by atoms with Crippen molar-refractivity contribution in [2.24, 2.45) is 0 Å². The number of hydrogen-bond donors (Lipinski definition) is 0. The summed E-state index contributed by atoms with van der Waals surface area (Å²) in [5.74, 6) is 0.788. The number of pyridine rings is 1. The summed E-state index contributed by atoms with van der Waals surface area (Å²) in [6.45, 7) is 2.01. The van der Waals surface area contributed by atoms with Crippen molar-refractivity contribution in [2.75, 3.05) is 0 Å². The summed E-state index contributed by atoms with van der Waals surface area (Å²) in [6.07, 6.45) is 1.69. The lowest BCUT2D eigenvalue weighted by Gasteiger charge is -2.16. The molecule has 0 aliphatic carbocycles. The second-order valence-electron chi connectivity index (χ2n) is 4.65. The van der Waals surface area contributed by atoms with Gasteiger partial charge in [0.05, 0.1) is 0 Å². The Kier molecular flexibility index (Phi) is 3.57. The quantitative estimate of drug-likeness (QED) is 0.673. The number of halogens is 1. The third-order valence-electron chi connectivity index (χ3n) is 3.22. The maximum atomic E-state index is 6.05. The van der Waals surface area contributed by atoms with E-state index >= 15 is 0 Å². The number of fused-ring (bicyclic) bond motifs is 1. The van der Waals surface area contributed by atoms with Gasteiger partial charge in [-0.2, -0.15) is 0 Å². The average Bonchev–Trinajstić information content (AvgIpc) is 2.47. The van der Waals surface area contributed by atoms with Gasteiger partial charge < -0.3 is 4.74 Å². The molecule has 2 aromatic carbocycles. The van der Waals surface area contributed by atoms with E-state index in [0.717, 1.165) is 22.2 Å². The van der Waals surface area contributed by atoms with Gasteiger partial charge in [-0.15, -0.1) is 0 Å². The molecule has 0 amide bonds. The summed E-state index contributed by atoms with van der Waals surface area (Å²) in [5.41, 5.74) is 1.93. The second kappa shape index (κ2) is 5.51. The van der Waals surface area contributed by atoms with E-state index in [1.165, 1.54) is 0 Å². The summed E-state index contributed by atoms with van der Waals surface area (Å²) < 4.78 is 6.05.